The Morgan fingerprint density at radius 2 is 2.33 bits per heavy atom. The summed E-state index contributed by atoms with van der Waals surface area (Å²) in [5.74, 6) is 0.944. The van der Waals surface area contributed by atoms with Crippen LogP contribution in [0, 0.1) is 0 Å². The van der Waals surface area contributed by atoms with Crippen LogP contribution in [0.15, 0.2) is 18.6 Å². The highest BCUT2D eigenvalue weighted by molar-refractivity contribution is 9.09. The zero-order valence-corrected chi connectivity index (χ0v) is 8.66. The minimum absolute atomic E-state index is 0.944. The highest BCUT2D eigenvalue weighted by atomic mass is 79.9. The van der Waals surface area contributed by atoms with Crippen molar-refractivity contribution in [2.75, 3.05) is 23.3 Å². The molecule has 0 spiro atoms. The Bertz CT molecular complexity index is 215. The molecule has 4 heteroatoms. The van der Waals surface area contributed by atoms with Gasteiger partial charge in [-0.1, -0.05) is 15.9 Å². The molecule has 0 aliphatic carbocycles. The number of aromatic nitrogens is 2. The van der Waals surface area contributed by atoms with E-state index in [0.717, 1.165) is 24.2 Å². The molecule has 12 heavy (non-hydrogen) atoms. The molecule has 66 valence electrons. The quantitative estimate of drug-likeness (QED) is 0.737. The Labute approximate surface area is 81.0 Å². The van der Waals surface area contributed by atoms with Crippen molar-refractivity contribution in [1.82, 2.24) is 9.97 Å². The Hall–Kier alpha value is -0.640. The highest BCUT2D eigenvalue weighted by Crippen LogP contribution is 2.06. The minimum Gasteiger partial charge on any atom is -0.355 e. The maximum absolute atomic E-state index is 4.21. The van der Waals surface area contributed by atoms with Crippen LogP contribution in [0.1, 0.15) is 6.92 Å². The number of alkyl halides is 1. The number of nitrogens with zero attached hydrogens (tertiary/aromatic N) is 3. The van der Waals surface area contributed by atoms with E-state index in [1.807, 2.05) is 0 Å². The van der Waals surface area contributed by atoms with E-state index >= 15 is 0 Å². The summed E-state index contributed by atoms with van der Waals surface area (Å²) in [6.45, 7) is 4.04. The first kappa shape index (κ1) is 9.45. The average Bonchev–Trinajstić information content (AvgIpc) is 2.15. The molecule has 0 fully saturated rings. The lowest BCUT2D eigenvalue weighted by molar-refractivity contribution is 0.848. The van der Waals surface area contributed by atoms with Gasteiger partial charge in [-0.05, 0) is 6.92 Å². The van der Waals surface area contributed by atoms with Gasteiger partial charge in [-0.25, -0.2) is 4.98 Å². The Morgan fingerprint density at radius 3 is 2.83 bits per heavy atom. The molecule has 1 aromatic rings. The Kier molecular flexibility index (Phi) is 4.00. The van der Waals surface area contributed by atoms with Crippen LogP contribution in [0.2, 0.25) is 0 Å². The summed E-state index contributed by atoms with van der Waals surface area (Å²) in [6.07, 6.45) is 5.18. The van der Waals surface area contributed by atoms with Gasteiger partial charge in [-0.2, -0.15) is 0 Å². The van der Waals surface area contributed by atoms with Crippen molar-refractivity contribution in [3.05, 3.63) is 18.6 Å². The average molecular weight is 230 g/mol. The van der Waals surface area contributed by atoms with Gasteiger partial charge in [0.15, 0.2) is 0 Å². The zero-order valence-electron chi connectivity index (χ0n) is 7.07. The SMILES string of the molecule is CCN(CCBr)c1cnccn1. The molecule has 0 N–H and O–H groups in total. The molecule has 3 nitrogen and oxygen atoms in total. The van der Waals surface area contributed by atoms with Gasteiger partial charge in [-0.3, -0.25) is 4.98 Å². The minimum atomic E-state index is 0.944. The molecule has 0 aliphatic rings. The fourth-order valence-corrected chi connectivity index (χ4v) is 1.42. The summed E-state index contributed by atoms with van der Waals surface area (Å²) in [4.78, 5) is 10.4. The molecule has 0 saturated carbocycles. The van der Waals surface area contributed by atoms with E-state index in [-0.39, 0.29) is 0 Å². The normalized spacial score (nSPS) is 9.83. The van der Waals surface area contributed by atoms with Gasteiger partial charge in [0, 0.05) is 30.8 Å². The second-order valence-electron chi connectivity index (χ2n) is 2.33. The van der Waals surface area contributed by atoms with Gasteiger partial charge >= 0.3 is 0 Å². The number of rotatable bonds is 4. The van der Waals surface area contributed by atoms with E-state index in [1.165, 1.54) is 0 Å². The second kappa shape index (κ2) is 5.09. The lowest BCUT2D eigenvalue weighted by atomic mass is 10.5. The van der Waals surface area contributed by atoms with Crippen molar-refractivity contribution < 1.29 is 0 Å². The molecule has 0 unspecified atom stereocenters. The Morgan fingerprint density at radius 1 is 1.50 bits per heavy atom. The van der Waals surface area contributed by atoms with Crippen LogP contribution in [-0.2, 0) is 0 Å². The summed E-state index contributed by atoms with van der Waals surface area (Å²) in [6, 6.07) is 0. The lowest BCUT2D eigenvalue weighted by Crippen LogP contribution is -2.25. The molecular weight excluding hydrogens is 218 g/mol. The van der Waals surface area contributed by atoms with Gasteiger partial charge in [0.1, 0.15) is 5.82 Å². The van der Waals surface area contributed by atoms with Gasteiger partial charge in [0.05, 0.1) is 6.20 Å². The van der Waals surface area contributed by atoms with Crippen molar-refractivity contribution in [2.24, 2.45) is 0 Å². The standard InChI is InChI=1S/C8H12BrN3/c1-2-12(6-3-9)8-7-10-4-5-11-8/h4-5,7H,2-3,6H2,1H3. The van der Waals surface area contributed by atoms with Crippen LogP contribution in [0.4, 0.5) is 5.82 Å². The number of halogens is 1. The summed E-state index contributed by atoms with van der Waals surface area (Å²) in [7, 11) is 0. The first-order valence-corrected chi connectivity index (χ1v) is 5.07. The van der Waals surface area contributed by atoms with Crippen LogP contribution in [0.25, 0.3) is 0 Å². The van der Waals surface area contributed by atoms with E-state index in [9.17, 15) is 0 Å². The van der Waals surface area contributed by atoms with Crippen LogP contribution in [-0.4, -0.2) is 28.4 Å². The van der Waals surface area contributed by atoms with Crippen molar-refractivity contribution in [3.63, 3.8) is 0 Å². The van der Waals surface area contributed by atoms with Crippen molar-refractivity contribution in [1.29, 1.82) is 0 Å². The fourth-order valence-electron chi connectivity index (χ4n) is 0.991. The predicted molar refractivity (Wildman–Crippen MR) is 53.7 cm³/mol. The smallest absolute Gasteiger partial charge is 0.147 e. The molecule has 1 aromatic heterocycles. The molecule has 0 aliphatic heterocycles. The molecule has 0 bridgehead atoms. The summed E-state index contributed by atoms with van der Waals surface area (Å²) >= 11 is 3.40. The molecule has 1 heterocycles. The largest absolute Gasteiger partial charge is 0.355 e. The van der Waals surface area contributed by atoms with Crippen LogP contribution in [0.3, 0.4) is 0 Å². The molecule has 0 saturated heterocycles. The number of hydrogen-bond acceptors (Lipinski definition) is 3. The summed E-state index contributed by atoms with van der Waals surface area (Å²) in [5.41, 5.74) is 0. The van der Waals surface area contributed by atoms with Gasteiger partial charge < -0.3 is 4.90 Å². The lowest BCUT2D eigenvalue weighted by Gasteiger charge is -2.19. The second-order valence-corrected chi connectivity index (χ2v) is 3.13. The molecule has 0 atom stereocenters. The van der Waals surface area contributed by atoms with E-state index in [4.69, 9.17) is 0 Å². The predicted octanol–water partition coefficient (Wildman–Crippen LogP) is 1.70. The first-order chi connectivity index (χ1) is 5.88. The van der Waals surface area contributed by atoms with E-state index in [2.05, 4.69) is 37.7 Å². The van der Waals surface area contributed by atoms with Crippen molar-refractivity contribution >= 4 is 21.7 Å². The number of anilines is 1. The maximum atomic E-state index is 4.21. The third-order valence-corrected chi connectivity index (χ3v) is 1.96. The van der Waals surface area contributed by atoms with E-state index < -0.39 is 0 Å². The highest BCUT2D eigenvalue weighted by Gasteiger charge is 2.02. The summed E-state index contributed by atoms with van der Waals surface area (Å²) in [5, 5.41) is 0.956. The first-order valence-electron chi connectivity index (χ1n) is 3.95. The monoisotopic (exact) mass is 229 g/mol. The van der Waals surface area contributed by atoms with Gasteiger partial charge in [-0.15, -0.1) is 0 Å². The molecule has 0 radical (unpaired) electrons. The topological polar surface area (TPSA) is 29.0 Å². The van der Waals surface area contributed by atoms with Crippen molar-refractivity contribution in [3.8, 4) is 0 Å². The van der Waals surface area contributed by atoms with Gasteiger partial charge in [0.2, 0.25) is 0 Å². The Balaban J connectivity index is 2.66. The fraction of sp³-hybridized carbons (Fsp3) is 0.500. The molecule has 0 aromatic carbocycles. The maximum Gasteiger partial charge on any atom is 0.147 e. The number of hydrogen-bond donors (Lipinski definition) is 0. The molecule has 1 rings (SSSR count). The van der Waals surface area contributed by atoms with Crippen LogP contribution < -0.4 is 4.90 Å². The molecular formula is C8H12BrN3. The zero-order chi connectivity index (χ0) is 8.81. The van der Waals surface area contributed by atoms with Crippen LogP contribution >= 0.6 is 15.9 Å². The van der Waals surface area contributed by atoms with E-state index in [0.29, 0.717) is 0 Å². The van der Waals surface area contributed by atoms with E-state index in [1.54, 1.807) is 18.6 Å². The molecule has 0 amide bonds. The van der Waals surface area contributed by atoms with Crippen LogP contribution in [0.5, 0.6) is 0 Å². The third-order valence-electron chi connectivity index (χ3n) is 1.61. The summed E-state index contributed by atoms with van der Waals surface area (Å²) < 4.78 is 0. The third kappa shape index (κ3) is 2.44. The van der Waals surface area contributed by atoms with Crippen molar-refractivity contribution in [2.45, 2.75) is 6.92 Å². The van der Waals surface area contributed by atoms with Gasteiger partial charge in [0.25, 0.3) is 0 Å².